The summed E-state index contributed by atoms with van der Waals surface area (Å²) in [5.41, 5.74) is 0. The Balaban J connectivity index is 0.000000490. The fourth-order valence-corrected chi connectivity index (χ4v) is 1.55. The molecule has 0 aromatic carbocycles. The summed E-state index contributed by atoms with van der Waals surface area (Å²) in [5.74, 6) is 0. The first-order valence-corrected chi connectivity index (χ1v) is 3.67. The summed E-state index contributed by atoms with van der Waals surface area (Å²) in [6.45, 7) is 2.09. The standard InChI is InChI=1S/C5H5BrS.Mg/c1-4-5(6)2-3-7-4;/h2-3H,1H3;. The fourth-order valence-electron chi connectivity index (χ4n) is 0.369. The van der Waals surface area contributed by atoms with E-state index in [4.69, 9.17) is 0 Å². The first kappa shape index (κ1) is 8.95. The second-order valence-corrected chi connectivity index (χ2v) is 3.30. The second kappa shape index (κ2) is 3.88. The zero-order valence-electron chi connectivity index (χ0n) is 4.65. The van der Waals surface area contributed by atoms with Gasteiger partial charge in [-0.3, -0.25) is 0 Å². The molecule has 0 N–H and O–H groups in total. The van der Waals surface area contributed by atoms with Crippen molar-refractivity contribution in [3.8, 4) is 0 Å². The summed E-state index contributed by atoms with van der Waals surface area (Å²) >= 11 is 5.13. The highest BCUT2D eigenvalue weighted by molar-refractivity contribution is 9.10. The molecule has 1 aromatic heterocycles. The van der Waals surface area contributed by atoms with Crippen LogP contribution in [0.2, 0.25) is 0 Å². The highest BCUT2D eigenvalue weighted by Crippen LogP contribution is 2.20. The van der Waals surface area contributed by atoms with Gasteiger partial charge in [-0.05, 0) is 34.3 Å². The summed E-state index contributed by atoms with van der Waals surface area (Å²) in [5, 5.41) is 2.07. The third-order valence-electron chi connectivity index (χ3n) is 0.796. The molecule has 0 spiro atoms. The van der Waals surface area contributed by atoms with Gasteiger partial charge in [0.2, 0.25) is 0 Å². The van der Waals surface area contributed by atoms with E-state index >= 15 is 0 Å². The minimum Gasteiger partial charge on any atom is -0.148 e. The molecule has 3 heteroatoms. The van der Waals surface area contributed by atoms with Crippen LogP contribution in [0.25, 0.3) is 0 Å². The van der Waals surface area contributed by atoms with Crippen LogP contribution in [-0.2, 0) is 0 Å². The molecule has 0 unspecified atom stereocenters. The van der Waals surface area contributed by atoms with Gasteiger partial charge < -0.3 is 0 Å². The SMILES string of the molecule is Cc1sccc1Br.[Mg]. The molecular weight excluding hydrogens is 196 g/mol. The van der Waals surface area contributed by atoms with Crippen molar-refractivity contribution in [2.45, 2.75) is 6.92 Å². The number of thiophene rings is 1. The Hall–Kier alpha value is 0.946. The largest absolute Gasteiger partial charge is 0.148 e. The monoisotopic (exact) mass is 200 g/mol. The van der Waals surface area contributed by atoms with Gasteiger partial charge in [-0.1, -0.05) is 0 Å². The molecule has 0 bridgehead atoms. The van der Waals surface area contributed by atoms with Crippen molar-refractivity contribution in [1.29, 1.82) is 0 Å². The Labute approximate surface area is 77.6 Å². The average Bonchev–Trinajstić information content (AvgIpc) is 1.91. The lowest BCUT2D eigenvalue weighted by atomic mass is 10.5. The molecule has 0 aliphatic carbocycles. The van der Waals surface area contributed by atoms with E-state index in [2.05, 4.69) is 34.3 Å². The third-order valence-corrected chi connectivity index (χ3v) is 2.76. The van der Waals surface area contributed by atoms with Crippen LogP contribution in [-0.4, -0.2) is 23.1 Å². The van der Waals surface area contributed by atoms with Crippen LogP contribution in [0.3, 0.4) is 0 Å². The lowest BCUT2D eigenvalue weighted by Gasteiger charge is -1.77. The highest BCUT2D eigenvalue weighted by atomic mass is 79.9. The van der Waals surface area contributed by atoms with Gasteiger partial charge in [0.1, 0.15) is 0 Å². The van der Waals surface area contributed by atoms with E-state index in [9.17, 15) is 0 Å². The molecule has 0 saturated heterocycles. The van der Waals surface area contributed by atoms with Crippen LogP contribution in [0, 0.1) is 6.92 Å². The van der Waals surface area contributed by atoms with Crippen molar-refractivity contribution in [3.63, 3.8) is 0 Å². The van der Waals surface area contributed by atoms with Crippen molar-refractivity contribution in [1.82, 2.24) is 0 Å². The van der Waals surface area contributed by atoms with Crippen LogP contribution in [0.4, 0.5) is 0 Å². The van der Waals surface area contributed by atoms with Gasteiger partial charge in [0, 0.05) is 32.4 Å². The maximum Gasteiger partial charge on any atom is 0.0311 e. The summed E-state index contributed by atoms with van der Waals surface area (Å²) in [4.78, 5) is 1.35. The minimum atomic E-state index is 0. The predicted octanol–water partition coefficient (Wildman–Crippen LogP) is 2.44. The van der Waals surface area contributed by atoms with Gasteiger partial charge in [0.05, 0.1) is 0 Å². The summed E-state index contributed by atoms with van der Waals surface area (Å²) in [6, 6.07) is 2.06. The van der Waals surface area contributed by atoms with Crippen LogP contribution in [0.1, 0.15) is 4.88 Å². The van der Waals surface area contributed by atoms with Crippen LogP contribution >= 0.6 is 27.3 Å². The smallest absolute Gasteiger partial charge is 0.0311 e. The van der Waals surface area contributed by atoms with E-state index in [1.165, 1.54) is 9.35 Å². The number of halogens is 1. The number of hydrogen-bond donors (Lipinski definition) is 0. The van der Waals surface area contributed by atoms with Crippen LogP contribution in [0.5, 0.6) is 0 Å². The van der Waals surface area contributed by atoms with Crippen LogP contribution < -0.4 is 0 Å². The molecule has 1 rings (SSSR count). The third kappa shape index (κ3) is 2.05. The average molecular weight is 201 g/mol. The van der Waals surface area contributed by atoms with Gasteiger partial charge in [-0.15, -0.1) is 11.3 Å². The van der Waals surface area contributed by atoms with Crippen molar-refractivity contribution < 1.29 is 0 Å². The molecule has 0 aliphatic rings. The van der Waals surface area contributed by atoms with Crippen molar-refractivity contribution in [3.05, 3.63) is 20.8 Å². The van der Waals surface area contributed by atoms with Gasteiger partial charge in [0.25, 0.3) is 0 Å². The van der Waals surface area contributed by atoms with Crippen LogP contribution in [0.15, 0.2) is 15.9 Å². The zero-order chi connectivity index (χ0) is 5.28. The van der Waals surface area contributed by atoms with E-state index < -0.39 is 0 Å². The molecule has 0 saturated carbocycles. The minimum absolute atomic E-state index is 0. The van der Waals surface area contributed by atoms with Crippen molar-refractivity contribution in [2.75, 3.05) is 0 Å². The van der Waals surface area contributed by atoms with Gasteiger partial charge in [-0.25, -0.2) is 0 Å². The molecule has 2 radical (unpaired) electrons. The molecule has 1 aromatic rings. The Bertz CT molecular complexity index is 145. The molecule has 0 fully saturated rings. The quantitative estimate of drug-likeness (QED) is 0.566. The summed E-state index contributed by atoms with van der Waals surface area (Å²) in [6.07, 6.45) is 0. The first-order chi connectivity index (χ1) is 3.30. The van der Waals surface area contributed by atoms with E-state index in [0.29, 0.717) is 0 Å². The molecule has 8 heavy (non-hydrogen) atoms. The summed E-state index contributed by atoms with van der Waals surface area (Å²) in [7, 11) is 0. The van der Waals surface area contributed by atoms with E-state index in [-0.39, 0.29) is 23.1 Å². The Morgan fingerprint density at radius 3 is 2.38 bits per heavy atom. The van der Waals surface area contributed by atoms with Gasteiger partial charge >= 0.3 is 0 Å². The van der Waals surface area contributed by atoms with Crippen molar-refractivity contribution >= 4 is 50.3 Å². The Morgan fingerprint density at radius 1 is 1.62 bits per heavy atom. The number of hydrogen-bond acceptors (Lipinski definition) is 1. The molecule has 40 valence electrons. The predicted molar refractivity (Wildman–Crippen MR) is 42.5 cm³/mol. The number of rotatable bonds is 0. The highest BCUT2D eigenvalue weighted by Gasteiger charge is 1.89. The van der Waals surface area contributed by atoms with E-state index in [0.717, 1.165) is 0 Å². The normalized spacial score (nSPS) is 8.25. The Kier molecular flexibility index (Phi) is 4.33. The van der Waals surface area contributed by atoms with Gasteiger partial charge in [0.15, 0.2) is 0 Å². The lowest BCUT2D eigenvalue weighted by molar-refractivity contribution is 1.59. The van der Waals surface area contributed by atoms with Crippen molar-refractivity contribution in [2.24, 2.45) is 0 Å². The topological polar surface area (TPSA) is 0 Å². The molecule has 0 amide bonds. The molecule has 1 heterocycles. The molecule has 0 aliphatic heterocycles. The summed E-state index contributed by atoms with van der Waals surface area (Å²) < 4.78 is 1.22. The first-order valence-electron chi connectivity index (χ1n) is 2.00. The zero-order valence-corrected chi connectivity index (χ0v) is 8.46. The fraction of sp³-hybridized carbons (Fsp3) is 0.200. The van der Waals surface area contributed by atoms with Gasteiger partial charge in [-0.2, -0.15) is 0 Å². The lowest BCUT2D eigenvalue weighted by Crippen LogP contribution is -1.53. The van der Waals surface area contributed by atoms with E-state index in [1.807, 2.05) is 0 Å². The number of aryl methyl sites for hydroxylation is 1. The molecular formula is C5H5BrMgS. The maximum atomic E-state index is 3.38. The molecule has 0 atom stereocenters. The maximum absolute atomic E-state index is 3.38. The van der Waals surface area contributed by atoms with E-state index in [1.54, 1.807) is 11.3 Å². The Morgan fingerprint density at radius 2 is 2.25 bits per heavy atom. The molecule has 0 nitrogen and oxygen atoms in total. The second-order valence-electron chi connectivity index (χ2n) is 1.32.